The fraction of sp³-hybridized carbons (Fsp3) is 0.636. The second-order valence-corrected chi connectivity index (χ2v) is 5.06. The van der Waals surface area contributed by atoms with E-state index >= 15 is 0 Å². The van der Waals surface area contributed by atoms with Crippen molar-refractivity contribution in [1.29, 1.82) is 0 Å². The Kier molecular flexibility index (Phi) is 3.21. The van der Waals surface area contributed by atoms with Crippen molar-refractivity contribution in [2.45, 2.75) is 25.8 Å². The van der Waals surface area contributed by atoms with Crippen molar-refractivity contribution in [1.82, 2.24) is 0 Å². The molecule has 0 aliphatic carbocycles. The molecule has 0 spiro atoms. The maximum atomic E-state index is 6.24. The minimum atomic E-state index is 0.168. The van der Waals surface area contributed by atoms with Gasteiger partial charge >= 0.3 is 0 Å². The van der Waals surface area contributed by atoms with Gasteiger partial charge in [0.05, 0.1) is 6.61 Å². The third kappa shape index (κ3) is 2.00. The average Bonchev–Trinajstić information content (AvgIpc) is 2.65. The predicted octanol–water partition coefficient (Wildman–Crippen LogP) is 2.48. The van der Waals surface area contributed by atoms with Crippen LogP contribution >= 0.6 is 11.3 Å². The van der Waals surface area contributed by atoms with E-state index in [1.807, 2.05) is 0 Å². The summed E-state index contributed by atoms with van der Waals surface area (Å²) in [5.41, 5.74) is 7.55. The van der Waals surface area contributed by atoms with Crippen LogP contribution in [-0.2, 0) is 4.74 Å². The molecule has 2 nitrogen and oxygen atoms in total. The first-order chi connectivity index (χ1) is 6.79. The van der Waals surface area contributed by atoms with E-state index in [-0.39, 0.29) is 6.04 Å². The lowest BCUT2D eigenvalue weighted by Gasteiger charge is -2.27. The molecule has 0 radical (unpaired) electrons. The smallest absolute Gasteiger partial charge is 0.0512 e. The Morgan fingerprint density at radius 3 is 3.07 bits per heavy atom. The Bertz CT molecular complexity index is 291. The maximum absolute atomic E-state index is 6.24. The SMILES string of the molecule is Cc1sccc1C(N)C1CCCOC1. The van der Waals surface area contributed by atoms with E-state index in [2.05, 4.69) is 18.4 Å². The Morgan fingerprint density at radius 2 is 2.50 bits per heavy atom. The van der Waals surface area contributed by atoms with Crippen molar-refractivity contribution in [2.75, 3.05) is 13.2 Å². The first-order valence-electron chi connectivity index (χ1n) is 5.16. The minimum absolute atomic E-state index is 0.168. The first-order valence-corrected chi connectivity index (χ1v) is 6.04. The van der Waals surface area contributed by atoms with Crippen LogP contribution in [0, 0.1) is 12.8 Å². The lowest BCUT2D eigenvalue weighted by atomic mass is 9.90. The fourth-order valence-electron chi connectivity index (χ4n) is 2.04. The second-order valence-electron chi connectivity index (χ2n) is 3.94. The van der Waals surface area contributed by atoms with E-state index in [9.17, 15) is 0 Å². The van der Waals surface area contributed by atoms with Crippen LogP contribution in [0.3, 0.4) is 0 Å². The molecular formula is C11H17NOS. The van der Waals surface area contributed by atoms with E-state index in [1.54, 1.807) is 11.3 Å². The lowest BCUT2D eigenvalue weighted by Crippen LogP contribution is -2.29. The molecule has 78 valence electrons. The number of hydrogen-bond acceptors (Lipinski definition) is 3. The van der Waals surface area contributed by atoms with Crippen LogP contribution < -0.4 is 5.73 Å². The summed E-state index contributed by atoms with van der Waals surface area (Å²) in [5, 5.41) is 2.12. The van der Waals surface area contributed by atoms with E-state index < -0.39 is 0 Å². The van der Waals surface area contributed by atoms with Gasteiger partial charge in [0, 0.05) is 23.4 Å². The zero-order chi connectivity index (χ0) is 9.97. The first kappa shape index (κ1) is 10.1. The molecule has 2 rings (SSSR count). The highest BCUT2D eigenvalue weighted by atomic mass is 32.1. The lowest BCUT2D eigenvalue weighted by molar-refractivity contribution is 0.0447. The zero-order valence-corrected chi connectivity index (χ0v) is 9.35. The summed E-state index contributed by atoms with van der Waals surface area (Å²) in [4.78, 5) is 1.35. The van der Waals surface area contributed by atoms with Crippen molar-refractivity contribution < 1.29 is 4.74 Å². The summed E-state index contributed by atoms with van der Waals surface area (Å²) in [7, 11) is 0. The van der Waals surface area contributed by atoms with Crippen molar-refractivity contribution in [3.05, 3.63) is 21.9 Å². The molecule has 14 heavy (non-hydrogen) atoms. The molecule has 1 aliphatic rings. The van der Waals surface area contributed by atoms with Gasteiger partial charge in [0.25, 0.3) is 0 Å². The molecule has 1 aliphatic heterocycles. The Morgan fingerprint density at radius 1 is 1.64 bits per heavy atom. The third-order valence-corrected chi connectivity index (χ3v) is 3.82. The van der Waals surface area contributed by atoms with E-state index in [0.717, 1.165) is 19.6 Å². The fourth-order valence-corrected chi connectivity index (χ4v) is 2.80. The summed E-state index contributed by atoms with van der Waals surface area (Å²) in [6.45, 7) is 3.88. The molecule has 2 atom stereocenters. The number of thiophene rings is 1. The van der Waals surface area contributed by atoms with Gasteiger partial charge in [-0.1, -0.05) is 0 Å². The molecule has 0 bridgehead atoms. The molecule has 0 amide bonds. The molecule has 0 aromatic carbocycles. The monoisotopic (exact) mass is 211 g/mol. The molecule has 2 unspecified atom stereocenters. The topological polar surface area (TPSA) is 35.2 Å². The van der Waals surface area contributed by atoms with Crippen LogP contribution in [0.25, 0.3) is 0 Å². The van der Waals surface area contributed by atoms with Gasteiger partial charge in [0.2, 0.25) is 0 Å². The Hall–Kier alpha value is -0.380. The van der Waals surface area contributed by atoms with Gasteiger partial charge in [-0.05, 0) is 36.8 Å². The third-order valence-electron chi connectivity index (χ3n) is 2.96. The predicted molar refractivity (Wildman–Crippen MR) is 59.5 cm³/mol. The molecule has 1 aromatic rings. The van der Waals surface area contributed by atoms with Gasteiger partial charge in [0.1, 0.15) is 0 Å². The number of ether oxygens (including phenoxy) is 1. The number of hydrogen-bond donors (Lipinski definition) is 1. The van der Waals surface area contributed by atoms with Crippen LogP contribution in [0.1, 0.15) is 29.3 Å². The standard InChI is InChI=1S/C11H17NOS/c1-8-10(4-6-14-8)11(12)9-3-2-5-13-7-9/h4,6,9,11H,2-3,5,7,12H2,1H3. The number of nitrogens with two attached hydrogens (primary N) is 1. The zero-order valence-electron chi connectivity index (χ0n) is 8.53. The van der Waals surface area contributed by atoms with Crippen LogP contribution in [0.5, 0.6) is 0 Å². The highest BCUT2D eigenvalue weighted by molar-refractivity contribution is 7.10. The molecule has 3 heteroatoms. The van der Waals surface area contributed by atoms with E-state index in [1.165, 1.54) is 16.9 Å². The quantitative estimate of drug-likeness (QED) is 0.815. The molecule has 2 heterocycles. The molecule has 1 fully saturated rings. The number of rotatable bonds is 2. The van der Waals surface area contributed by atoms with E-state index in [4.69, 9.17) is 10.5 Å². The van der Waals surface area contributed by atoms with Crippen molar-refractivity contribution >= 4 is 11.3 Å². The highest BCUT2D eigenvalue weighted by Gasteiger charge is 2.23. The highest BCUT2D eigenvalue weighted by Crippen LogP contribution is 2.30. The summed E-state index contributed by atoms with van der Waals surface area (Å²) in [5.74, 6) is 0.511. The van der Waals surface area contributed by atoms with Gasteiger partial charge in [-0.25, -0.2) is 0 Å². The summed E-state index contributed by atoms with van der Waals surface area (Å²) in [6, 6.07) is 2.32. The Labute approximate surface area is 89.1 Å². The molecule has 0 saturated carbocycles. The van der Waals surface area contributed by atoms with E-state index in [0.29, 0.717) is 5.92 Å². The maximum Gasteiger partial charge on any atom is 0.0512 e. The van der Waals surface area contributed by atoms with Gasteiger partial charge in [0.15, 0.2) is 0 Å². The van der Waals surface area contributed by atoms with Crippen molar-refractivity contribution in [3.8, 4) is 0 Å². The minimum Gasteiger partial charge on any atom is -0.381 e. The molecular weight excluding hydrogens is 194 g/mol. The van der Waals surface area contributed by atoms with Gasteiger partial charge in [-0.2, -0.15) is 0 Å². The average molecular weight is 211 g/mol. The molecule has 2 N–H and O–H groups in total. The largest absolute Gasteiger partial charge is 0.381 e. The molecule has 1 saturated heterocycles. The normalized spacial score (nSPS) is 24.9. The van der Waals surface area contributed by atoms with Gasteiger partial charge < -0.3 is 10.5 Å². The summed E-state index contributed by atoms with van der Waals surface area (Å²) in [6.07, 6.45) is 2.36. The van der Waals surface area contributed by atoms with Crippen molar-refractivity contribution in [2.24, 2.45) is 11.7 Å². The van der Waals surface area contributed by atoms with Crippen LogP contribution in [-0.4, -0.2) is 13.2 Å². The van der Waals surface area contributed by atoms with Gasteiger partial charge in [-0.3, -0.25) is 0 Å². The second kappa shape index (κ2) is 4.43. The summed E-state index contributed by atoms with van der Waals surface area (Å²) < 4.78 is 5.46. The summed E-state index contributed by atoms with van der Waals surface area (Å²) >= 11 is 1.78. The van der Waals surface area contributed by atoms with Crippen molar-refractivity contribution in [3.63, 3.8) is 0 Å². The van der Waals surface area contributed by atoms with Crippen LogP contribution in [0.4, 0.5) is 0 Å². The van der Waals surface area contributed by atoms with Gasteiger partial charge in [-0.15, -0.1) is 11.3 Å². The van der Waals surface area contributed by atoms with Crippen LogP contribution in [0.2, 0.25) is 0 Å². The Balaban J connectivity index is 2.07. The van der Waals surface area contributed by atoms with Crippen LogP contribution in [0.15, 0.2) is 11.4 Å². The number of aryl methyl sites for hydroxylation is 1. The molecule has 1 aromatic heterocycles.